The van der Waals surface area contributed by atoms with E-state index in [1.54, 1.807) is 11.3 Å². The van der Waals surface area contributed by atoms with Crippen LogP contribution in [0.3, 0.4) is 0 Å². The molecule has 0 saturated heterocycles. The number of amides is 1. The number of aryl methyl sites for hydroxylation is 1. The molecule has 4 nitrogen and oxygen atoms in total. The second kappa shape index (κ2) is 8.76. The van der Waals surface area contributed by atoms with Crippen molar-refractivity contribution in [3.05, 3.63) is 11.1 Å². The second-order valence-corrected chi connectivity index (χ2v) is 7.64. The zero-order chi connectivity index (χ0) is 15.1. The summed E-state index contributed by atoms with van der Waals surface area (Å²) in [5.41, 5.74) is 1.01. The van der Waals surface area contributed by atoms with Crippen molar-refractivity contribution < 1.29 is 9.53 Å². The van der Waals surface area contributed by atoms with Crippen molar-refractivity contribution in [3.8, 4) is 0 Å². The molecule has 0 spiro atoms. The molecule has 1 fully saturated rings. The number of aromatic nitrogens is 1. The normalized spacial score (nSPS) is 22.2. The molecule has 0 aromatic carbocycles. The highest BCUT2D eigenvalue weighted by Gasteiger charge is 2.21. The van der Waals surface area contributed by atoms with Gasteiger partial charge in [0.1, 0.15) is 0 Å². The van der Waals surface area contributed by atoms with Crippen LogP contribution in [0.15, 0.2) is 9.72 Å². The van der Waals surface area contributed by atoms with Crippen LogP contribution in [-0.4, -0.2) is 35.9 Å². The maximum atomic E-state index is 11.7. The molecule has 0 bridgehead atoms. The molecule has 2 atom stereocenters. The molecule has 21 heavy (non-hydrogen) atoms. The number of carbonyl (C=O) groups excluding carboxylic acids is 1. The van der Waals surface area contributed by atoms with Crippen molar-refractivity contribution in [2.75, 3.05) is 18.9 Å². The first-order valence-electron chi connectivity index (χ1n) is 7.58. The first-order valence-corrected chi connectivity index (χ1v) is 9.45. The van der Waals surface area contributed by atoms with Crippen LogP contribution in [0.5, 0.6) is 0 Å². The third-order valence-electron chi connectivity index (χ3n) is 3.71. The summed E-state index contributed by atoms with van der Waals surface area (Å²) >= 11 is 3.08. The number of nitrogens with zero attached hydrogens (tertiary/aromatic N) is 1. The molecule has 118 valence electrons. The number of nitrogens with one attached hydrogen (secondary N) is 1. The summed E-state index contributed by atoms with van der Waals surface area (Å²) < 4.78 is 6.83. The van der Waals surface area contributed by atoms with E-state index in [-0.39, 0.29) is 5.91 Å². The molecule has 2 rings (SSSR count). The Balaban J connectivity index is 1.54. The maximum absolute atomic E-state index is 11.7. The molecule has 0 radical (unpaired) electrons. The van der Waals surface area contributed by atoms with Gasteiger partial charge in [0.25, 0.3) is 0 Å². The number of rotatable bonds is 7. The standard InChI is InChI=1S/C15H24N2O2S2/c1-11-5-3-4-6-13(11)19-8-7-16-14(18)10-21-15-17-12(2)9-20-15/h9,11,13H,3-8,10H2,1-2H3,(H,16,18)/t11-,13-/m0/s1. The van der Waals surface area contributed by atoms with E-state index >= 15 is 0 Å². The van der Waals surface area contributed by atoms with Crippen LogP contribution < -0.4 is 5.32 Å². The van der Waals surface area contributed by atoms with Gasteiger partial charge in [0.15, 0.2) is 4.34 Å². The summed E-state index contributed by atoms with van der Waals surface area (Å²) in [7, 11) is 0. The van der Waals surface area contributed by atoms with Crippen LogP contribution in [0.25, 0.3) is 0 Å². The van der Waals surface area contributed by atoms with Gasteiger partial charge < -0.3 is 10.1 Å². The van der Waals surface area contributed by atoms with Crippen molar-refractivity contribution in [2.45, 2.75) is 50.0 Å². The molecule has 0 aliphatic heterocycles. The maximum Gasteiger partial charge on any atom is 0.230 e. The van der Waals surface area contributed by atoms with Gasteiger partial charge in [-0.25, -0.2) is 4.98 Å². The zero-order valence-corrected chi connectivity index (χ0v) is 14.4. The van der Waals surface area contributed by atoms with E-state index in [1.807, 2.05) is 12.3 Å². The monoisotopic (exact) mass is 328 g/mol. The second-order valence-electron chi connectivity index (χ2n) is 5.56. The van der Waals surface area contributed by atoms with E-state index in [2.05, 4.69) is 17.2 Å². The number of thiazole rings is 1. The minimum absolute atomic E-state index is 0.0492. The third-order valence-corrected chi connectivity index (χ3v) is 5.85. The molecule has 6 heteroatoms. The highest BCUT2D eigenvalue weighted by molar-refractivity contribution is 8.01. The van der Waals surface area contributed by atoms with Gasteiger partial charge in [-0.2, -0.15) is 0 Å². The summed E-state index contributed by atoms with van der Waals surface area (Å²) in [4.78, 5) is 16.1. The Bertz CT molecular complexity index is 451. The fraction of sp³-hybridized carbons (Fsp3) is 0.733. The van der Waals surface area contributed by atoms with Gasteiger partial charge in [-0.05, 0) is 25.7 Å². The van der Waals surface area contributed by atoms with Gasteiger partial charge in [-0.3, -0.25) is 4.79 Å². The Hall–Kier alpha value is -0.590. The van der Waals surface area contributed by atoms with Crippen molar-refractivity contribution in [1.29, 1.82) is 0 Å². The number of carbonyl (C=O) groups is 1. The van der Waals surface area contributed by atoms with E-state index < -0.39 is 0 Å². The van der Waals surface area contributed by atoms with E-state index in [1.165, 1.54) is 31.0 Å². The van der Waals surface area contributed by atoms with Crippen molar-refractivity contribution in [3.63, 3.8) is 0 Å². The fourth-order valence-corrected chi connectivity index (χ4v) is 4.19. The van der Waals surface area contributed by atoms with Crippen LogP contribution in [0.2, 0.25) is 0 Å². The van der Waals surface area contributed by atoms with E-state index in [9.17, 15) is 4.79 Å². The number of hydrogen-bond donors (Lipinski definition) is 1. The van der Waals surface area contributed by atoms with Crippen LogP contribution in [0.4, 0.5) is 0 Å². The van der Waals surface area contributed by atoms with Crippen molar-refractivity contribution in [1.82, 2.24) is 10.3 Å². The van der Waals surface area contributed by atoms with Gasteiger partial charge in [0.2, 0.25) is 5.91 Å². The quantitative estimate of drug-likeness (QED) is 0.616. The molecule has 1 aliphatic rings. The predicted molar refractivity (Wildman–Crippen MR) is 88.0 cm³/mol. The highest BCUT2D eigenvalue weighted by atomic mass is 32.2. The van der Waals surface area contributed by atoms with E-state index in [0.29, 0.717) is 30.9 Å². The smallest absolute Gasteiger partial charge is 0.230 e. The first kappa shape index (κ1) is 16.8. The van der Waals surface area contributed by atoms with Crippen molar-refractivity contribution >= 4 is 29.0 Å². The van der Waals surface area contributed by atoms with Crippen LogP contribution >= 0.6 is 23.1 Å². The van der Waals surface area contributed by atoms with Crippen LogP contribution in [0.1, 0.15) is 38.3 Å². The summed E-state index contributed by atoms with van der Waals surface area (Å²) in [6, 6.07) is 0. The first-order chi connectivity index (χ1) is 10.1. The van der Waals surface area contributed by atoms with E-state index in [0.717, 1.165) is 16.5 Å². The average Bonchev–Trinajstić information content (AvgIpc) is 2.89. The largest absolute Gasteiger partial charge is 0.376 e. The highest BCUT2D eigenvalue weighted by Crippen LogP contribution is 2.26. The van der Waals surface area contributed by atoms with Gasteiger partial charge in [-0.15, -0.1) is 11.3 Å². The summed E-state index contributed by atoms with van der Waals surface area (Å²) in [6.07, 6.45) is 5.40. The number of ether oxygens (including phenoxy) is 1. The summed E-state index contributed by atoms with van der Waals surface area (Å²) in [5, 5.41) is 4.91. The molecule has 1 heterocycles. The minimum atomic E-state index is 0.0492. The molecule has 0 unspecified atom stereocenters. The Morgan fingerprint density at radius 1 is 1.52 bits per heavy atom. The SMILES string of the molecule is Cc1csc(SCC(=O)NCCO[C@H]2CCCC[C@@H]2C)n1. The number of thioether (sulfide) groups is 1. The van der Waals surface area contributed by atoms with E-state index in [4.69, 9.17) is 4.74 Å². The Labute approximate surface area is 135 Å². The lowest BCUT2D eigenvalue weighted by molar-refractivity contribution is -0.119. The lowest BCUT2D eigenvalue weighted by atomic mass is 9.88. The predicted octanol–water partition coefficient (Wildman–Crippen LogP) is 3.26. The molecule has 1 aromatic heterocycles. The van der Waals surface area contributed by atoms with Crippen LogP contribution in [0, 0.1) is 12.8 Å². The lowest BCUT2D eigenvalue weighted by Gasteiger charge is -2.28. The molecule has 1 aromatic rings. The third kappa shape index (κ3) is 5.96. The summed E-state index contributed by atoms with van der Waals surface area (Å²) in [5.74, 6) is 1.12. The molecular weight excluding hydrogens is 304 g/mol. The Kier molecular flexibility index (Phi) is 6.99. The molecule has 1 saturated carbocycles. The molecule has 1 amide bonds. The molecule has 1 N–H and O–H groups in total. The lowest BCUT2D eigenvalue weighted by Crippen LogP contribution is -2.32. The Morgan fingerprint density at radius 2 is 2.33 bits per heavy atom. The summed E-state index contributed by atoms with van der Waals surface area (Å²) in [6.45, 7) is 5.43. The minimum Gasteiger partial charge on any atom is -0.376 e. The van der Waals surface area contributed by atoms with Gasteiger partial charge in [0.05, 0.1) is 18.5 Å². The van der Waals surface area contributed by atoms with Crippen molar-refractivity contribution in [2.24, 2.45) is 5.92 Å². The molecular formula is C15H24N2O2S2. The topological polar surface area (TPSA) is 51.2 Å². The zero-order valence-electron chi connectivity index (χ0n) is 12.8. The van der Waals surface area contributed by atoms with Crippen LogP contribution in [-0.2, 0) is 9.53 Å². The van der Waals surface area contributed by atoms with Gasteiger partial charge in [0, 0.05) is 17.6 Å². The average molecular weight is 329 g/mol. The van der Waals surface area contributed by atoms with Gasteiger partial charge >= 0.3 is 0 Å². The van der Waals surface area contributed by atoms with Gasteiger partial charge in [-0.1, -0.05) is 31.5 Å². The number of hydrogen-bond acceptors (Lipinski definition) is 5. The fourth-order valence-electron chi connectivity index (χ4n) is 2.51. The Morgan fingerprint density at radius 3 is 3.05 bits per heavy atom. The molecule has 1 aliphatic carbocycles.